The van der Waals surface area contributed by atoms with E-state index in [2.05, 4.69) is 5.32 Å². The molecule has 2 amide bonds. The minimum Gasteiger partial charge on any atom is -0.493 e. The Balaban J connectivity index is 2.10. The monoisotopic (exact) mass is 613 g/mol. The second kappa shape index (κ2) is 14.4. The van der Waals surface area contributed by atoms with Crippen LogP contribution >= 0.6 is 0 Å². The summed E-state index contributed by atoms with van der Waals surface area (Å²) in [4.78, 5) is 28.3. The molecule has 3 aromatic carbocycles. The van der Waals surface area contributed by atoms with Gasteiger partial charge in [0.15, 0.2) is 11.5 Å². The van der Waals surface area contributed by atoms with Crippen LogP contribution in [0.25, 0.3) is 0 Å². The van der Waals surface area contributed by atoms with E-state index in [1.165, 1.54) is 55.5 Å². The molecule has 0 saturated carbocycles. The van der Waals surface area contributed by atoms with Crippen molar-refractivity contribution >= 4 is 27.5 Å². The Morgan fingerprint density at radius 2 is 1.53 bits per heavy atom. The van der Waals surface area contributed by atoms with Gasteiger partial charge in [0.05, 0.1) is 24.8 Å². The molecule has 0 heterocycles. The first kappa shape index (κ1) is 33.4. The quantitative estimate of drug-likeness (QED) is 0.296. The number of nitrogens with zero attached hydrogens (tertiary/aromatic N) is 2. The Morgan fingerprint density at radius 1 is 0.907 bits per heavy atom. The number of halogens is 1. The Kier molecular flexibility index (Phi) is 11.2. The third-order valence-corrected chi connectivity index (χ3v) is 8.64. The van der Waals surface area contributed by atoms with Gasteiger partial charge in [-0.1, -0.05) is 38.1 Å². The molecular weight excluding hydrogens is 573 g/mol. The normalized spacial score (nSPS) is 12.0. The van der Waals surface area contributed by atoms with Gasteiger partial charge in [-0.2, -0.15) is 0 Å². The summed E-state index contributed by atoms with van der Waals surface area (Å²) in [5.74, 6) is -0.949. The number of benzene rings is 3. The van der Waals surface area contributed by atoms with Gasteiger partial charge in [0.25, 0.3) is 10.0 Å². The zero-order valence-electron chi connectivity index (χ0n) is 25.7. The number of rotatable bonds is 13. The number of methoxy groups -OCH3 is 2. The van der Waals surface area contributed by atoms with Gasteiger partial charge < -0.3 is 19.7 Å². The number of amides is 2. The number of carbonyl (C=O) groups is 2. The molecule has 0 bridgehead atoms. The van der Waals surface area contributed by atoms with Crippen molar-refractivity contribution in [1.82, 2.24) is 10.2 Å². The molecule has 9 nitrogen and oxygen atoms in total. The lowest BCUT2D eigenvalue weighted by Crippen LogP contribution is -2.51. The standard InChI is InChI=1S/C32H40FN3O6S/c1-21(2)18-34-32(38)24(5)35(19-25-10-8-9-11-28(25)33)31(37)20-36(26-15-22(3)14-23(4)16-26)43(39,40)27-12-13-29(41-6)30(17-27)42-7/h8-17,21,24H,18-20H2,1-7H3,(H,34,38)/t24-/m1/s1. The topological polar surface area (TPSA) is 105 Å². The highest BCUT2D eigenvalue weighted by atomic mass is 32.2. The number of hydrogen-bond donors (Lipinski definition) is 1. The van der Waals surface area contributed by atoms with E-state index >= 15 is 0 Å². The largest absolute Gasteiger partial charge is 0.493 e. The fraction of sp³-hybridized carbons (Fsp3) is 0.375. The predicted molar refractivity (Wildman–Crippen MR) is 164 cm³/mol. The van der Waals surface area contributed by atoms with E-state index in [-0.39, 0.29) is 34.4 Å². The molecule has 11 heteroatoms. The maximum atomic E-state index is 14.7. The lowest BCUT2D eigenvalue weighted by molar-refractivity contribution is -0.139. The van der Waals surface area contributed by atoms with E-state index in [1.807, 2.05) is 33.8 Å². The van der Waals surface area contributed by atoms with Gasteiger partial charge in [-0.25, -0.2) is 12.8 Å². The SMILES string of the molecule is COc1ccc(S(=O)(=O)N(CC(=O)N(Cc2ccccc2F)[C@H](C)C(=O)NCC(C)C)c2cc(C)cc(C)c2)cc1OC. The van der Waals surface area contributed by atoms with Crippen LogP contribution in [0.2, 0.25) is 0 Å². The first-order chi connectivity index (χ1) is 20.3. The van der Waals surface area contributed by atoms with Crippen molar-refractivity contribution in [2.24, 2.45) is 5.92 Å². The van der Waals surface area contributed by atoms with Gasteiger partial charge in [-0.15, -0.1) is 0 Å². The second-order valence-corrected chi connectivity index (χ2v) is 12.7. The summed E-state index contributed by atoms with van der Waals surface area (Å²) in [6, 6.07) is 14.3. The molecular formula is C32H40FN3O6S. The molecule has 0 aromatic heterocycles. The smallest absolute Gasteiger partial charge is 0.264 e. The Morgan fingerprint density at radius 3 is 2.12 bits per heavy atom. The number of aryl methyl sites for hydroxylation is 2. The van der Waals surface area contributed by atoms with Crippen LogP contribution in [0.3, 0.4) is 0 Å². The molecule has 43 heavy (non-hydrogen) atoms. The van der Waals surface area contributed by atoms with Crippen molar-refractivity contribution in [1.29, 1.82) is 0 Å². The zero-order valence-corrected chi connectivity index (χ0v) is 26.5. The van der Waals surface area contributed by atoms with E-state index in [0.717, 1.165) is 15.4 Å². The minimum absolute atomic E-state index is 0.125. The highest BCUT2D eigenvalue weighted by molar-refractivity contribution is 7.92. The minimum atomic E-state index is -4.35. The van der Waals surface area contributed by atoms with Crippen LogP contribution in [-0.2, 0) is 26.2 Å². The van der Waals surface area contributed by atoms with Crippen LogP contribution in [-0.4, -0.2) is 58.5 Å². The van der Waals surface area contributed by atoms with Crippen molar-refractivity contribution in [3.8, 4) is 11.5 Å². The summed E-state index contributed by atoms with van der Waals surface area (Å²) in [6.07, 6.45) is 0. The van der Waals surface area contributed by atoms with Crippen LogP contribution in [0.5, 0.6) is 11.5 Å². The van der Waals surface area contributed by atoms with Crippen molar-refractivity contribution in [3.63, 3.8) is 0 Å². The summed E-state index contributed by atoms with van der Waals surface area (Å²) in [5.41, 5.74) is 2.04. The van der Waals surface area contributed by atoms with Crippen LogP contribution in [0, 0.1) is 25.6 Å². The highest BCUT2D eigenvalue weighted by Crippen LogP contribution is 2.33. The van der Waals surface area contributed by atoms with Crippen LogP contribution in [0.4, 0.5) is 10.1 Å². The molecule has 0 aliphatic carbocycles. The Labute approximate surface area is 253 Å². The number of ether oxygens (including phenoxy) is 2. The van der Waals surface area contributed by atoms with Gasteiger partial charge in [-0.3, -0.25) is 13.9 Å². The molecule has 0 unspecified atom stereocenters. The fourth-order valence-corrected chi connectivity index (χ4v) is 5.99. The Bertz CT molecular complexity index is 1540. The first-order valence-corrected chi connectivity index (χ1v) is 15.4. The summed E-state index contributed by atoms with van der Waals surface area (Å²) in [5, 5.41) is 2.81. The van der Waals surface area contributed by atoms with E-state index in [0.29, 0.717) is 12.3 Å². The molecule has 232 valence electrons. The van der Waals surface area contributed by atoms with Crippen molar-refractivity contribution in [2.75, 3.05) is 31.6 Å². The van der Waals surface area contributed by atoms with Crippen molar-refractivity contribution in [2.45, 2.75) is 52.1 Å². The summed E-state index contributed by atoms with van der Waals surface area (Å²) in [6.45, 7) is 8.57. The second-order valence-electron chi connectivity index (χ2n) is 10.8. The Hall–Kier alpha value is -4.12. The number of hydrogen-bond acceptors (Lipinski definition) is 6. The van der Waals surface area contributed by atoms with E-state index < -0.39 is 40.2 Å². The molecule has 3 rings (SSSR count). The maximum absolute atomic E-state index is 14.7. The summed E-state index contributed by atoms with van der Waals surface area (Å²) in [7, 11) is -1.51. The summed E-state index contributed by atoms with van der Waals surface area (Å²) < 4.78 is 54.7. The molecule has 3 aromatic rings. The average Bonchev–Trinajstić information content (AvgIpc) is 2.96. The number of anilines is 1. The van der Waals surface area contributed by atoms with Crippen molar-refractivity contribution in [3.05, 3.63) is 83.2 Å². The van der Waals surface area contributed by atoms with E-state index in [9.17, 15) is 22.4 Å². The lowest BCUT2D eigenvalue weighted by Gasteiger charge is -2.32. The molecule has 1 atom stereocenters. The number of carbonyl (C=O) groups excluding carboxylic acids is 2. The van der Waals surface area contributed by atoms with Crippen molar-refractivity contribution < 1.29 is 31.9 Å². The average molecular weight is 614 g/mol. The van der Waals surface area contributed by atoms with Gasteiger partial charge in [0.2, 0.25) is 11.8 Å². The number of nitrogens with one attached hydrogen (secondary N) is 1. The van der Waals surface area contributed by atoms with Crippen LogP contribution in [0.1, 0.15) is 37.5 Å². The molecule has 0 radical (unpaired) electrons. The van der Waals surface area contributed by atoms with E-state index in [4.69, 9.17) is 9.47 Å². The van der Waals surface area contributed by atoms with Crippen LogP contribution < -0.4 is 19.1 Å². The van der Waals surface area contributed by atoms with Gasteiger partial charge in [-0.05, 0) is 68.1 Å². The molecule has 0 aliphatic rings. The van der Waals surface area contributed by atoms with Gasteiger partial charge >= 0.3 is 0 Å². The molecule has 0 saturated heterocycles. The van der Waals surface area contributed by atoms with Gasteiger partial charge in [0.1, 0.15) is 18.4 Å². The molecule has 0 aliphatic heterocycles. The van der Waals surface area contributed by atoms with E-state index in [1.54, 1.807) is 25.1 Å². The zero-order chi connectivity index (χ0) is 31.9. The highest BCUT2D eigenvalue weighted by Gasteiger charge is 2.33. The lowest BCUT2D eigenvalue weighted by atomic mass is 10.1. The fourth-order valence-electron chi connectivity index (χ4n) is 4.57. The molecule has 0 spiro atoms. The third kappa shape index (κ3) is 8.25. The molecule has 0 fully saturated rings. The van der Waals surface area contributed by atoms with Gasteiger partial charge in [0, 0.05) is 24.7 Å². The predicted octanol–water partition coefficient (Wildman–Crippen LogP) is 4.84. The summed E-state index contributed by atoms with van der Waals surface area (Å²) >= 11 is 0. The third-order valence-electron chi connectivity index (χ3n) is 6.87. The van der Waals surface area contributed by atoms with Crippen LogP contribution in [0.15, 0.2) is 65.6 Å². The number of sulfonamides is 1. The first-order valence-electron chi connectivity index (χ1n) is 13.9. The maximum Gasteiger partial charge on any atom is 0.264 e. The molecule has 1 N–H and O–H groups in total.